The number of benzene rings is 2. The summed E-state index contributed by atoms with van der Waals surface area (Å²) in [5.41, 5.74) is 5.93. The number of H-pyrrole nitrogens is 1. The molecule has 4 atom stereocenters. The highest BCUT2D eigenvalue weighted by atomic mass is 16.6. The molecule has 1 unspecified atom stereocenters. The minimum Gasteiger partial charge on any atom is -0.446 e. The van der Waals surface area contributed by atoms with Crippen LogP contribution in [0.15, 0.2) is 48.5 Å². The van der Waals surface area contributed by atoms with E-state index < -0.39 is 6.04 Å². The molecule has 5 amide bonds. The Hall–Kier alpha value is -5.04. The number of piperidine rings is 2. The monoisotopic (exact) mass is 721 g/mol. The topological polar surface area (TPSA) is 157 Å². The fraction of sp³-hybridized carbons (Fsp3) is 0.500. The zero-order chi connectivity index (χ0) is 36.6. The van der Waals surface area contributed by atoms with Crippen LogP contribution < -0.4 is 10.6 Å². The Kier molecular flexibility index (Phi) is 9.76. The summed E-state index contributed by atoms with van der Waals surface area (Å²) in [6.45, 7) is 5.97. The Morgan fingerprint density at radius 2 is 1.70 bits per heavy atom. The van der Waals surface area contributed by atoms with E-state index in [9.17, 15) is 24.0 Å². The summed E-state index contributed by atoms with van der Waals surface area (Å²) in [6, 6.07) is 15.9. The molecule has 4 fully saturated rings. The molecule has 278 valence electrons. The number of hydrogen-bond donors (Lipinski definition) is 3. The first-order chi connectivity index (χ1) is 25.7. The molecule has 0 radical (unpaired) electrons. The summed E-state index contributed by atoms with van der Waals surface area (Å²) in [4.78, 5) is 68.2. The number of nitrogens with zero attached hydrogens (tertiary/aromatic N) is 4. The minimum atomic E-state index is -0.600. The summed E-state index contributed by atoms with van der Waals surface area (Å²) < 4.78 is 5.74. The normalized spacial score (nSPS) is 24.9. The van der Waals surface area contributed by atoms with Gasteiger partial charge in [-0.05, 0) is 99.2 Å². The standard InChI is InChI=1S/C40H47N7O6/c1-24-12-17-46(24)40(52)53-31-8-6-29(20-31)33-21-35(44-43-33)41-37(49)18-25-2-4-26(5-3-25)22-45-15-13-27(14-16-45)28-7-9-32-30(19-28)23-47(39(32)51)34-10-11-36(48)42-38(34)50/h2-5,7,9,19,21,24,27,29,31,34H,6,8,10-18,20,22-23H2,1H3,(H,42,48,50)(H2,41,43,44,49)/t24-,29-,31+,34?/m0/s1. The lowest BCUT2D eigenvalue weighted by Gasteiger charge is -2.38. The van der Waals surface area contributed by atoms with E-state index >= 15 is 0 Å². The molecule has 3 saturated heterocycles. The van der Waals surface area contributed by atoms with Gasteiger partial charge in [-0.3, -0.25) is 34.5 Å². The number of amides is 5. The van der Waals surface area contributed by atoms with E-state index in [1.807, 2.05) is 31.2 Å². The molecule has 13 nitrogen and oxygen atoms in total. The minimum absolute atomic E-state index is 0.0936. The molecule has 1 aromatic heterocycles. The number of carbonyl (C=O) groups excluding carboxylic acids is 5. The Labute approximate surface area is 308 Å². The van der Waals surface area contributed by atoms with Gasteiger partial charge in [-0.1, -0.05) is 36.4 Å². The molecule has 13 heteroatoms. The van der Waals surface area contributed by atoms with Crippen molar-refractivity contribution in [1.82, 2.24) is 30.2 Å². The molecule has 1 saturated carbocycles. The summed E-state index contributed by atoms with van der Waals surface area (Å²) in [6.07, 6.45) is 6.10. The number of likely N-dealkylation sites (tertiary alicyclic amines) is 2. The van der Waals surface area contributed by atoms with Gasteiger partial charge in [-0.15, -0.1) is 0 Å². The van der Waals surface area contributed by atoms with E-state index in [0.717, 1.165) is 81.5 Å². The molecule has 3 aromatic rings. The predicted octanol–water partition coefficient (Wildman–Crippen LogP) is 4.60. The molecule has 5 aliphatic rings. The van der Waals surface area contributed by atoms with Crippen LogP contribution in [0.2, 0.25) is 0 Å². The second-order valence-corrected chi connectivity index (χ2v) is 15.5. The third kappa shape index (κ3) is 7.57. The van der Waals surface area contributed by atoms with Crippen LogP contribution in [0.3, 0.4) is 0 Å². The van der Waals surface area contributed by atoms with Crippen molar-refractivity contribution in [3.63, 3.8) is 0 Å². The second kappa shape index (κ2) is 14.8. The van der Waals surface area contributed by atoms with Crippen LogP contribution in [0.25, 0.3) is 0 Å². The summed E-state index contributed by atoms with van der Waals surface area (Å²) >= 11 is 0. The number of imide groups is 1. The van der Waals surface area contributed by atoms with Gasteiger partial charge in [0, 0.05) is 55.3 Å². The molecule has 3 N–H and O–H groups in total. The summed E-state index contributed by atoms with van der Waals surface area (Å²) in [7, 11) is 0. The molecule has 4 aliphatic heterocycles. The SMILES string of the molecule is C[C@H]1CCN1C(=O)O[C@@H]1CC[C@H](c2cc(NC(=O)Cc3ccc(CN4CCC(c5ccc6c(c5)CN(C5CCC(=O)NC5=O)C6=O)CC4)cc3)n[nH]2)C1. The van der Waals surface area contributed by atoms with Gasteiger partial charge in [0.05, 0.1) is 6.42 Å². The van der Waals surface area contributed by atoms with Crippen LogP contribution in [-0.4, -0.2) is 92.4 Å². The maximum atomic E-state index is 13.1. The fourth-order valence-corrected chi connectivity index (χ4v) is 8.60. The van der Waals surface area contributed by atoms with Crippen molar-refractivity contribution in [1.29, 1.82) is 0 Å². The second-order valence-electron chi connectivity index (χ2n) is 15.5. The fourth-order valence-electron chi connectivity index (χ4n) is 8.60. The zero-order valence-electron chi connectivity index (χ0n) is 30.1. The van der Waals surface area contributed by atoms with Crippen molar-refractivity contribution in [2.75, 3.05) is 25.0 Å². The van der Waals surface area contributed by atoms with Crippen molar-refractivity contribution in [3.8, 4) is 0 Å². The maximum absolute atomic E-state index is 13.1. The smallest absolute Gasteiger partial charge is 0.410 e. The lowest BCUT2D eigenvalue weighted by Crippen LogP contribution is -2.52. The van der Waals surface area contributed by atoms with Crippen LogP contribution >= 0.6 is 0 Å². The van der Waals surface area contributed by atoms with Crippen molar-refractivity contribution < 1.29 is 28.7 Å². The molecule has 0 bridgehead atoms. The molecule has 53 heavy (non-hydrogen) atoms. The third-order valence-corrected chi connectivity index (χ3v) is 11.9. The van der Waals surface area contributed by atoms with Gasteiger partial charge in [0.2, 0.25) is 17.7 Å². The summed E-state index contributed by atoms with van der Waals surface area (Å²) in [5.74, 6) is 0.188. The Balaban J connectivity index is 0.770. The van der Waals surface area contributed by atoms with Crippen LogP contribution in [0.5, 0.6) is 0 Å². The quantitative estimate of drug-likeness (QED) is 0.271. The van der Waals surface area contributed by atoms with E-state index in [-0.39, 0.29) is 60.6 Å². The van der Waals surface area contributed by atoms with E-state index in [2.05, 4.69) is 50.0 Å². The van der Waals surface area contributed by atoms with Crippen molar-refractivity contribution in [2.45, 2.75) is 108 Å². The third-order valence-electron chi connectivity index (χ3n) is 11.9. The summed E-state index contributed by atoms with van der Waals surface area (Å²) in [5, 5.41) is 12.7. The highest BCUT2D eigenvalue weighted by Gasteiger charge is 2.39. The van der Waals surface area contributed by atoms with E-state index in [1.165, 1.54) is 11.1 Å². The average Bonchev–Trinajstić information content (AvgIpc) is 3.88. The molecule has 1 aliphatic carbocycles. The highest BCUT2D eigenvalue weighted by molar-refractivity contribution is 6.05. The van der Waals surface area contributed by atoms with E-state index in [4.69, 9.17) is 4.74 Å². The molecule has 0 spiro atoms. The number of aromatic amines is 1. The van der Waals surface area contributed by atoms with Crippen molar-refractivity contribution in [3.05, 3.63) is 82.0 Å². The van der Waals surface area contributed by atoms with E-state index in [0.29, 0.717) is 30.3 Å². The number of fused-ring (bicyclic) bond motifs is 1. The Morgan fingerprint density at radius 3 is 2.43 bits per heavy atom. The van der Waals surface area contributed by atoms with E-state index in [1.54, 1.807) is 9.80 Å². The van der Waals surface area contributed by atoms with Crippen LogP contribution in [-0.2, 0) is 38.6 Å². The van der Waals surface area contributed by atoms with Gasteiger partial charge in [0.15, 0.2) is 5.82 Å². The van der Waals surface area contributed by atoms with Crippen LogP contribution in [0, 0.1) is 0 Å². The number of aromatic nitrogens is 2. The Bertz CT molecular complexity index is 1900. The molecular weight excluding hydrogens is 674 g/mol. The lowest BCUT2D eigenvalue weighted by molar-refractivity contribution is -0.137. The first kappa shape index (κ1) is 35.0. The number of ether oxygens (including phenoxy) is 1. The first-order valence-electron chi connectivity index (χ1n) is 19.1. The molecular formula is C40H47N7O6. The lowest BCUT2D eigenvalue weighted by atomic mass is 9.87. The number of carbonyl (C=O) groups is 5. The van der Waals surface area contributed by atoms with Gasteiger partial charge in [0.1, 0.15) is 12.1 Å². The highest BCUT2D eigenvalue weighted by Crippen LogP contribution is 2.37. The maximum Gasteiger partial charge on any atom is 0.410 e. The zero-order valence-corrected chi connectivity index (χ0v) is 30.1. The van der Waals surface area contributed by atoms with Crippen molar-refractivity contribution >= 4 is 35.5 Å². The average molecular weight is 722 g/mol. The van der Waals surface area contributed by atoms with Gasteiger partial charge < -0.3 is 19.9 Å². The number of nitrogens with one attached hydrogen (secondary N) is 3. The van der Waals surface area contributed by atoms with Crippen LogP contribution in [0.1, 0.15) is 108 Å². The number of hydrogen-bond acceptors (Lipinski definition) is 8. The molecule has 8 rings (SSSR count). The Morgan fingerprint density at radius 1 is 0.906 bits per heavy atom. The first-order valence-corrected chi connectivity index (χ1v) is 19.1. The van der Waals surface area contributed by atoms with Crippen molar-refractivity contribution in [2.24, 2.45) is 0 Å². The number of rotatable bonds is 9. The van der Waals surface area contributed by atoms with Gasteiger partial charge in [0.25, 0.3) is 5.91 Å². The number of anilines is 1. The molecule has 5 heterocycles. The van der Waals surface area contributed by atoms with Gasteiger partial charge in [-0.25, -0.2) is 4.79 Å². The predicted molar refractivity (Wildman–Crippen MR) is 195 cm³/mol. The van der Waals surface area contributed by atoms with Gasteiger partial charge >= 0.3 is 6.09 Å². The van der Waals surface area contributed by atoms with Crippen LogP contribution in [0.4, 0.5) is 10.6 Å². The largest absolute Gasteiger partial charge is 0.446 e. The van der Waals surface area contributed by atoms with Gasteiger partial charge in [-0.2, -0.15) is 5.10 Å². The molecule has 2 aromatic carbocycles.